The molecule has 2 amide bonds. The van der Waals surface area contributed by atoms with Crippen LogP contribution in [0.2, 0.25) is 0 Å². The highest BCUT2D eigenvalue weighted by molar-refractivity contribution is 7.12. The van der Waals surface area contributed by atoms with Crippen LogP contribution in [-0.2, 0) is 11.2 Å². The van der Waals surface area contributed by atoms with Crippen LogP contribution in [0.25, 0.3) is 0 Å². The molecule has 0 aliphatic rings. The van der Waals surface area contributed by atoms with E-state index in [1.165, 1.54) is 16.2 Å². The Bertz CT molecular complexity index is 566. The lowest BCUT2D eigenvalue weighted by Gasteiger charge is -2.15. The summed E-state index contributed by atoms with van der Waals surface area (Å²) in [4.78, 5) is 32.9. The molecule has 2 rings (SSSR count). The Kier molecular flexibility index (Phi) is 5.51. The van der Waals surface area contributed by atoms with E-state index in [1.807, 2.05) is 11.4 Å². The van der Waals surface area contributed by atoms with Crippen molar-refractivity contribution < 1.29 is 9.59 Å². The fraction of sp³-hybridized carbons (Fsp3) is 0.357. The number of hydrogen-bond acceptors (Lipinski definition) is 4. The van der Waals surface area contributed by atoms with E-state index in [2.05, 4.69) is 15.3 Å². The number of carbonyl (C=O) groups excluding carboxylic acids is 2. The van der Waals surface area contributed by atoms with E-state index >= 15 is 0 Å². The topological polar surface area (TPSA) is 78.1 Å². The summed E-state index contributed by atoms with van der Waals surface area (Å²) in [5.41, 5.74) is 0. The van der Waals surface area contributed by atoms with Gasteiger partial charge in [-0.2, -0.15) is 0 Å². The number of hydrogen-bond donors (Lipinski definition) is 2. The van der Waals surface area contributed by atoms with Gasteiger partial charge in [-0.05, 0) is 17.9 Å². The fourth-order valence-corrected chi connectivity index (χ4v) is 2.57. The number of thiophene rings is 1. The predicted molar refractivity (Wildman–Crippen MR) is 81.2 cm³/mol. The van der Waals surface area contributed by atoms with Crippen LogP contribution in [0.1, 0.15) is 21.9 Å². The highest BCUT2D eigenvalue weighted by Gasteiger charge is 2.15. The van der Waals surface area contributed by atoms with Gasteiger partial charge < -0.3 is 15.2 Å². The molecule has 2 N–H and O–H groups in total. The third kappa shape index (κ3) is 4.71. The van der Waals surface area contributed by atoms with Crippen LogP contribution < -0.4 is 5.32 Å². The maximum atomic E-state index is 12.0. The number of rotatable bonds is 7. The second-order valence-corrected chi connectivity index (χ2v) is 5.58. The SMILES string of the molecule is CN(CC(=O)NCCCc1ncc[nH]1)C(=O)c1cccs1. The van der Waals surface area contributed by atoms with Crippen molar-refractivity contribution in [2.75, 3.05) is 20.1 Å². The van der Waals surface area contributed by atoms with Gasteiger partial charge >= 0.3 is 0 Å². The van der Waals surface area contributed by atoms with E-state index in [-0.39, 0.29) is 18.4 Å². The molecule has 0 aliphatic carbocycles. The summed E-state index contributed by atoms with van der Waals surface area (Å²) < 4.78 is 0. The number of H-pyrrole nitrogens is 1. The first kappa shape index (κ1) is 15.2. The lowest BCUT2D eigenvalue weighted by molar-refractivity contribution is -0.121. The Morgan fingerprint density at radius 2 is 2.33 bits per heavy atom. The summed E-state index contributed by atoms with van der Waals surface area (Å²) in [5.74, 6) is 0.631. The number of aromatic nitrogens is 2. The number of likely N-dealkylation sites (N-methyl/N-ethyl adjacent to an activating group) is 1. The van der Waals surface area contributed by atoms with Gasteiger partial charge in [0.1, 0.15) is 5.82 Å². The van der Waals surface area contributed by atoms with Crippen LogP contribution in [-0.4, -0.2) is 46.8 Å². The lowest BCUT2D eigenvalue weighted by atomic mass is 10.3. The summed E-state index contributed by atoms with van der Waals surface area (Å²) >= 11 is 1.37. The van der Waals surface area contributed by atoms with Crippen molar-refractivity contribution in [2.45, 2.75) is 12.8 Å². The van der Waals surface area contributed by atoms with E-state index in [1.54, 1.807) is 25.5 Å². The highest BCUT2D eigenvalue weighted by Crippen LogP contribution is 2.10. The molecule has 2 aromatic rings. The zero-order chi connectivity index (χ0) is 15.1. The Morgan fingerprint density at radius 3 is 3.00 bits per heavy atom. The molecule has 0 saturated carbocycles. The molecule has 7 heteroatoms. The number of aryl methyl sites for hydroxylation is 1. The summed E-state index contributed by atoms with van der Waals surface area (Å²) in [6, 6.07) is 3.57. The number of nitrogens with one attached hydrogen (secondary N) is 2. The molecule has 0 unspecified atom stereocenters. The van der Waals surface area contributed by atoms with Crippen LogP contribution >= 0.6 is 11.3 Å². The molecule has 6 nitrogen and oxygen atoms in total. The average molecular weight is 306 g/mol. The van der Waals surface area contributed by atoms with Gasteiger partial charge in [0.2, 0.25) is 5.91 Å². The van der Waals surface area contributed by atoms with Crippen LogP contribution in [0, 0.1) is 0 Å². The molecule has 0 spiro atoms. The minimum absolute atomic E-state index is 0.0669. The summed E-state index contributed by atoms with van der Waals surface area (Å²) in [5, 5.41) is 4.65. The second kappa shape index (κ2) is 7.58. The van der Waals surface area contributed by atoms with Gasteiger partial charge in [-0.25, -0.2) is 4.98 Å². The number of imidazole rings is 1. The summed E-state index contributed by atoms with van der Waals surface area (Å²) in [6.45, 7) is 0.637. The van der Waals surface area contributed by atoms with Crippen molar-refractivity contribution in [3.8, 4) is 0 Å². The maximum absolute atomic E-state index is 12.0. The predicted octanol–water partition coefficient (Wildman–Crippen LogP) is 1.29. The number of carbonyl (C=O) groups is 2. The summed E-state index contributed by atoms with van der Waals surface area (Å²) in [7, 11) is 1.63. The highest BCUT2D eigenvalue weighted by atomic mass is 32.1. The van der Waals surface area contributed by atoms with Gasteiger partial charge in [0, 0.05) is 32.4 Å². The minimum atomic E-state index is -0.151. The summed E-state index contributed by atoms with van der Waals surface area (Å²) in [6.07, 6.45) is 5.08. The Labute approximate surface area is 127 Å². The first-order valence-electron chi connectivity index (χ1n) is 6.70. The van der Waals surface area contributed by atoms with Crippen molar-refractivity contribution in [2.24, 2.45) is 0 Å². The third-order valence-electron chi connectivity index (χ3n) is 2.93. The van der Waals surface area contributed by atoms with Crippen LogP contribution in [0.5, 0.6) is 0 Å². The number of aromatic amines is 1. The van der Waals surface area contributed by atoms with Crippen molar-refractivity contribution in [1.29, 1.82) is 0 Å². The molecule has 0 aliphatic heterocycles. The van der Waals surface area contributed by atoms with Gasteiger partial charge in [0.15, 0.2) is 0 Å². The first-order chi connectivity index (χ1) is 10.2. The number of nitrogens with zero attached hydrogens (tertiary/aromatic N) is 2. The van der Waals surface area contributed by atoms with Crippen molar-refractivity contribution in [3.05, 3.63) is 40.6 Å². The Balaban J connectivity index is 1.65. The van der Waals surface area contributed by atoms with Crippen molar-refractivity contribution in [3.63, 3.8) is 0 Å². The van der Waals surface area contributed by atoms with Crippen molar-refractivity contribution in [1.82, 2.24) is 20.2 Å². The molecular formula is C14H18N4O2S. The number of amides is 2. The zero-order valence-electron chi connectivity index (χ0n) is 11.8. The normalized spacial score (nSPS) is 10.3. The molecule has 0 fully saturated rings. The molecule has 2 aromatic heterocycles. The Hall–Kier alpha value is -2.15. The minimum Gasteiger partial charge on any atom is -0.355 e. The van der Waals surface area contributed by atoms with Crippen LogP contribution in [0.15, 0.2) is 29.9 Å². The van der Waals surface area contributed by atoms with Gasteiger partial charge in [-0.3, -0.25) is 9.59 Å². The van der Waals surface area contributed by atoms with E-state index < -0.39 is 0 Å². The van der Waals surface area contributed by atoms with Gasteiger partial charge in [-0.15, -0.1) is 11.3 Å². The van der Waals surface area contributed by atoms with E-state index in [4.69, 9.17) is 0 Å². The zero-order valence-corrected chi connectivity index (χ0v) is 12.7. The van der Waals surface area contributed by atoms with Crippen LogP contribution in [0.3, 0.4) is 0 Å². The fourth-order valence-electron chi connectivity index (χ4n) is 1.85. The molecule has 21 heavy (non-hydrogen) atoms. The van der Waals surface area contributed by atoms with Gasteiger partial charge in [0.05, 0.1) is 11.4 Å². The van der Waals surface area contributed by atoms with E-state index in [0.29, 0.717) is 11.4 Å². The molecule has 0 bridgehead atoms. The smallest absolute Gasteiger partial charge is 0.264 e. The third-order valence-corrected chi connectivity index (χ3v) is 3.78. The molecule has 0 saturated heterocycles. The first-order valence-corrected chi connectivity index (χ1v) is 7.58. The van der Waals surface area contributed by atoms with Crippen LogP contribution in [0.4, 0.5) is 0 Å². The molecule has 112 valence electrons. The average Bonchev–Trinajstić information content (AvgIpc) is 3.15. The van der Waals surface area contributed by atoms with E-state index in [0.717, 1.165) is 18.7 Å². The van der Waals surface area contributed by atoms with E-state index in [9.17, 15) is 9.59 Å². The van der Waals surface area contributed by atoms with Gasteiger partial charge in [-0.1, -0.05) is 6.07 Å². The second-order valence-electron chi connectivity index (χ2n) is 4.63. The molecular weight excluding hydrogens is 288 g/mol. The maximum Gasteiger partial charge on any atom is 0.264 e. The standard InChI is InChI=1S/C14H18N4O2S/c1-18(14(20)11-4-3-9-21-11)10-13(19)17-6-2-5-12-15-7-8-16-12/h3-4,7-9H,2,5-6,10H2,1H3,(H,15,16)(H,17,19). The lowest BCUT2D eigenvalue weighted by Crippen LogP contribution is -2.38. The molecule has 0 aromatic carbocycles. The molecule has 2 heterocycles. The quantitative estimate of drug-likeness (QED) is 0.757. The monoisotopic (exact) mass is 306 g/mol. The van der Waals surface area contributed by atoms with Gasteiger partial charge in [0.25, 0.3) is 5.91 Å². The Morgan fingerprint density at radius 1 is 1.48 bits per heavy atom. The largest absolute Gasteiger partial charge is 0.355 e. The van der Waals surface area contributed by atoms with Crippen molar-refractivity contribution >= 4 is 23.2 Å². The molecule has 0 radical (unpaired) electrons. The molecule has 0 atom stereocenters.